The number of nitrogens with zero attached hydrogens (tertiary/aromatic N) is 1. The van der Waals surface area contributed by atoms with Crippen LogP contribution in [-0.2, 0) is 0 Å². The molecule has 0 saturated heterocycles. The van der Waals surface area contributed by atoms with Gasteiger partial charge in [-0.3, -0.25) is 0 Å². The molecule has 16 heavy (non-hydrogen) atoms. The van der Waals surface area contributed by atoms with Crippen molar-refractivity contribution in [2.45, 2.75) is 26.3 Å². The van der Waals surface area contributed by atoms with E-state index >= 15 is 0 Å². The maximum absolute atomic E-state index is 6.07. The predicted molar refractivity (Wildman–Crippen MR) is 72.1 cm³/mol. The average Bonchev–Trinajstić information content (AvgIpc) is 2.17. The first kappa shape index (κ1) is 11.9. The van der Waals surface area contributed by atoms with E-state index in [1.54, 1.807) is 0 Å². The van der Waals surface area contributed by atoms with E-state index in [0.717, 1.165) is 24.5 Å². The Morgan fingerprint density at radius 1 is 1.19 bits per heavy atom. The number of benzene rings is 1. The maximum atomic E-state index is 6.07. The summed E-state index contributed by atoms with van der Waals surface area (Å²) in [6, 6.07) is 3.84. The van der Waals surface area contributed by atoms with Crippen molar-refractivity contribution in [3.8, 4) is 0 Å². The van der Waals surface area contributed by atoms with Gasteiger partial charge in [-0.05, 0) is 32.9 Å². The maximum Gasteiger partial charge on any atom is 0.0623 e. The summed E-state index contributed by atoms with van der Waals surface area (Å²) in [6.07, 6.45) is 0. The third-order valence-electron chi connectivity index (χ3n) is 2.79. The fraction of sp³-hybridized carbons (Fsp3) is 0.500. The Kier molecular flexibility index (Phi) is 2.97. The van der Waals surface area contributed by atoms with Gasteiger partial charge in [-0.1, -0.05) is 23.2 Å². The minimum absolute atomic E-state index is 0.0913. The number of rotatable bonds is 0. The van der Waals surface area contributed by atoms with Crippen LogP contribution >= 0.6 is 23.2 Å². The number of hydrogen-bond donors (Lipinski definition) is 1. The number of nitrogens with one attached hydrogen (secondary N) is 1. The van der Waals surface area contributed by atoms with E-state index in [0.29, 0.717) is 10.0 Å². The normalized spacial score (nSPS) is 15.7. The standard InChI is InChI=1S/C12H16Cl2N2/c1-12(2,3)16-5-4-15-10-6-8(13)9(14)7-11(10)16/h6-7,15H,4-5H2,1-3H3. The van der Waals surface area contributed by atoms with Crippen LogP contribution in [0.3, 0.4) is 0 Å². The van der Waals surface area contributed by atoms with Gasteiger partial charge >= 0.3 is 0 Å². The second-order valence-corrected chi connectivity index (χ2v) is 5.85. The second-order valence-electron chi connectivity index (χ2n) is 5.03. The Labute approximate surface area is 107 Å². The molecule has 1 aliphatic rings. The molecule has 0 saturated carbocycles. The molecule has 2 nitrogen and oxygen atoms in total. The summed E-state index contributed by atoms with van der Waals surface area (Å²) in [5.74, 6) is 0. The molecule has 0 radical (unpaired) electrons. The minimum atomic E-state index is 0.0913. The molecular weight excluding hydrogens is 243 g/mol. The van der Waals surface area contributed by atoms with Crippen molar-refractivity contribution in [1.29, 1.82) is 0 Å². The van der Waals surface area contributed by atoms with Crippen LogP contribution in [0.5, 0.6) is 0 Å². The van der Waals surface area contributed by atoms with Crippen LogP contribution in [-0.4, -0.2) is 18.6 Å². The third kappa shape index (κ3) is 2.09. The topological polar surface area (TPSA) is 15.3 Å². The van der Waals surface area contributed by atoms with Gasteiger partial charge in [0, 0.05) is 18.6 Å². The summed E-state index contributed by atoms with van der Waals surface area (Å²) < 4.78 is 0. The van der Waals surface area contributed by atoms with Crippen molar-refractivity contribution in [3.05, 3.63) is 22.2 Å². The van der Waals surface area contributed by atoms with Crippen molar-refractivity contribution in [2.75, 3.05) is 23.3 Å². The van der Waals surface area contributed by atoms with Crippen LogP contribution < -0.4 is 10.2 Å². The SMILES string of the molecule is CC(C)(C)N1CCNc2cc(Cl)c(Cl)cc21. The molecule has 0 unspecified atom stereocenters. The fourth-order valence-corrected chi connectivity index (χ4v) is 2.34. The van der Waals surface area contributed by atoms with E-state index in [4.69, 9.17) is 23.2 Å². The van der Waals surface area contributed by atoms with Gasteiger partial charge in [-0.25, -0.2) is 0 Å². The van der Waals surface area contributed by atoms with Crippen molar-refractivity contribution in [3.63, 3.8) is 0 Å². The lowest BCUT2D eigenvalue weighted by molar-refractivity contribution is 0.505. The largest absolute Gasteiger partial charge is 0.382 e. The van der Waals surface area contributed by atoms with Crippen LogP contribution in [0.2, 0.25) is 10.0 Å². The first-order valence-electron chi connectivity index (χ1n) is 5.40. The Bertz CT molecular complexity index is 410. The Morgan fingerprint density at radius 3 is 2.44 bits per heavy atom. The molecule has 88 valence electrons. The quantitative estimate of drug-likeness (QED) is 0.756. The first-order chi connectivity index (χ1) is 7.39. The molecule has 0 aliphatic carbocycles. The molecule has 0 aromatic heterocycles. The zero-order valence-corrected chi connectivity index (χ0v) is 11.3. The summed E-state index contributed by atoms with van der Waals surface area (Å²) in [4.78, 5) is 2.35. The van der Waals surface area contributed by atoms with E-state index in [-0.39, 0.29) is 5.54 Å². The van der Waals surface area contributed by atoms with Crippen LogP contribution in [0, 0.1) is 0 Å². The van der Waals surface area contributed by atoms with Crippen molar-refractivity contribution < 1.29 is 0 Å². The number of anilines is 2. The summed E-state index contributed by atoms with van der Waals surface area (Å²) in [5, 5.41) is 4.56. The highest BCUT2D eigenvalue weighted by Gasteiger charge is 2.27. The highest BCUT2D eigenvalue weighted by atomic mass is 35.5. The van der Waals surface area contributed by atoms with Gasteiger partial charge in [0.1, 0.15) is 0 Å². The summed E-state index contributed by atoms with van der Waals surface area (Å²) in [5.41, 5.74) is 2.29. The zero-order chi connectivity index (χ0) is 11.9. The molecule has 1 heterocycles. The second kappa shape index (κ2) is 4.01. The van der Waals surface area contributed by atoms with Gasteiger partial charge < -0.3 is 10.2 Å². The molecule has 1 N–H and O–H groups in total. The summed E-state index contributed by atoms with van der Waals surface area (Å²) in [7, 11) is 0. The molecule has 1 aromatic carbocycles. The molecule has 0 spiro atoms. The molecular formula is C12H16Cl2N2. The molecule has 0 atom stereocenters. The summed E-state index contributed by atoms with van der Waals surface area (Å²) in [6.45, 7) is 8.51. The number of hydrogen-bond acceptors (Lipinski definition) is 2. The molecule has 4 heteroatoms. The average molecular weight is 259 g/mol. The molecule has 0 amide bonds. The summed E-state index contributed by atoms with van der Waals surface area (Å²) >= 11 is 12.1. The molecule has 0 fully saturated rings. The monoisotopic (exact) mass is 258 g/mol. The highest BCUT2D eigenvalue weighted by Crippen LogP contribution is 2.39. The highest BCUT2D eigenvalue weighted by molar-refractivity contribution is 6.42. The van der Waals surface area contributed by atoms with Crippen molar-refractivity contribution in [1.82, 2.24) is 0 Å². The van der Waals surface area contributed by atoms with E-state index in [1.165, 1.54) is 0 Å². The Balaban J connectivity index is 2.50. The Morgan fingerprint density at radius 2 is 1.81 bits per heavy atom. The molecule has 0 bridgehead atoms. The van der Waals surface area contributed by atoms with Crippen LogP contribution in [0.1, 0.15) is 20.8 Å². The van der Waals surface area contributed by atoms with Crippen LogP contribution in [0.15, 0.2) is 12.1 Å². The van der Waals surface area contributed by atoms with Gasteiger partial charge in [0.05, 0.1) is 21.4 Å². The Hall–Kier alpha value is -0.600. The molecule has 1 aromatic rings. The third-order valence-corrected chi connectivity index (χ3v) is 3.51. The lowest BCUT2D eigenvalue weighted by atomic mass is 10.0. The van der Waals surface area contributed by atoms with E-state index in [1.807, 2.05) is 12.1 Å². The number of halogens is 2. The van der Waals surface area contributed by atoms with Crippen molar-refractivity contribution >= 4 is 34.6 Å². The predicted octanol–water partition coefficient (Wildman–Crippen LogP) is 4.02. The van der Waals surface area contributed by atoms with Gasteiger partial charge in [0.2, 0.25) is 0 Å². The lowest BCUT2D eigenvalue weighted by Gasteiger charge is -2.42. The zero-order valence-electron chi connectivity index (χ0n) is 9.77. The van der Waals surface area contributed by atoms with Gasteiger partial charge in [0.15, 0.2) is 0 Å². The van der Waals surface area contributed by atoms with Gasteiger partial charge in [0.25, 0.3) is 0 Å². The van der Waals surface area contributed by atoms with Gasteiger partial charge in [-0.2, -0.15) is 0 Å². The van der Waals surface area contributed by atoms with Gasteiger partial charge in [-0.15, -0.1) is 0 Å². The van der Waals surface area contributed by atoms with Crippen LogP contribution in [0.4, 0.5) is 11.4 Å². The lowest BCUT2D eigenvalue weighted by Crippen LogP contribution is -2.46. The van der Waals surface area contributed by atoms with Crippen molar-refractivity contribution in [2.24, 2.45) is 0 Å². The minimum Gasteiger partial charge on any atom is -0.382 e. The van der Waals surface area contributed by atoms with Crippen LogP contribution in [0.25, 0.3) is 0 Å². The first-order valence-corrected chi connectivity index (χ1v) is 6.16. The molecule has 1 aliphatic heterocycles. The smallest absolute Gasteiger partial charge is 0.0623 e. The fourth-order valence-electron chi connectivity index (χ4n) is 2.02. The van der Waals surface area contributed by atoms with E-state index < -0.39 is 0 Å². The van der Waals surface area contributed by atoms with E-state index in [2.05, 4.69) is 31.0 Å². The number of fused-ring (bicyclic) bond motifs is 1. The molecule has 2 rings (SSSR count). The van der Waals surface area contributed by atoms with E-state index in [9.17, 15) is 0 Å².